The van der Waals surface area contributed by atoms with Crippen LogP contribution in [-0.4, -0.2) is 26.2 Å². The molecule has 2 N–H and O–H groups in total. The molecule has 0 unspecified atom stereocenters. The van der Waals surface area contributed by atoms with Crippen LogP contribution >= 0.6 is 0 Å². The minimum Gasteiger partial charge on any atom is -0.364 e. The molecule has 5 heteroatoms. The number of hydrogen-bond acceptors (Lipinski definition) is 5. The molecule has 1 aliphatic heterocycles. The van der Waals surface area contributed by atoms with Crippen molar-refractivity contribution in [1.82, 2.24) is 5.32 Å². The molecule has 1 heterocycles. The molecular weight excluding hydrogens is 314 g/mol. The zero-order chi connectivity index (χ0) is 17.2. The predicted molar refractivity (Wildman–Crippen MR) is 102 cm³/mol. The van der Waals surface area contributed by atoms with E-state index < -0.39 is 5.43 Å². The van der Waals surface area contributed by atoms with Crippen molar-refractivity contribution >= 4 is 17.1 Å². The van der Waals surface area contributed by atoms with Gasteiger partial charge in [0.2, 0.25) is 0 Å². The Balaban J connectivity index is 1.62. The van der Waals surface area contributed by atoms with E-state index in [0.717, 1.165) is 43.0 Å². The highest BCUT2D eigenvalue weighted by Gasteiger charge is 2.26. The first-order valence-electron chi connectivity index (χ1n) is 8.45. The normalized spacial score (nSPS) is 14.6. The zero-order valence-electron chi connectivity index (χ0n) is 13.8. The fourth-order valence-electron chi connectivity index (χ4n) is 3.24. The molecule has 0 saturated carbocycles. The number of piperazine rings is 1. The van der Waals surface area contributed by atoms with Crippen LogP contribution in [0, 0.1) is 0 Å². The maximum Gasteiger partial charge on any atom is 0.253 e. The molecule has 0 radical (unpaired) electrons. The highest BCUT2D eigenvalue weighted by molar-refractivity contribution is 5.81. The SMILES string of the molecule is O=c1c(Nc2cccc(-c3ccccc3)c2)c(N2CCNCC2)c1=O. The Kier molecular flexibility index (Phi) is 4.07. The third-order valence-corrected chi connectivity index (χ3v) is 4.56. The number of nitrogens with zero attached hydrogens (tertiary/aromatic N) is 1. The lowest BCUT2D eigenvalue weighted by Gasteiger charge is -2.31. The quantitative estimate of drug-likeness (QED) is 0.716. The summed E-state index contributed by atoms with van der Waals surface area (Å²) >= 11 is 0. The van der Waals surface area contributed by atoms with E-state index in [0.29, 0.717) is 11.4 Å². The zero-order valence-corrected chi connectivity index (χ0v) is 13.8. The van der Waals surface area contributed by atoms with Crippen LogP contribution in [-0.2, 0) is 0 Å². The van der Waals surface area contributed by atoms with Crippen molar-refractivity contribution in [3.05, 3.63) is 75.0 Å². The van der Waals surface area contributed by atoms with Gasteiger partial charge in [-0.3, -0.25) is 9.59 Å². The van der Waals surface area contributed by atoms with E-state index in [1.807, 2.05) is 59.5 Å². The largest absolute Gasteiger partial charge is 0.364 e. The van der Waals surface area contributed by atoms with Gasteiger partial charge < -0.3 is 15.5 Å². The summed E-state index contributed by atoms with van der Waals surface area (Å²) in [4.78, 5) is 26.1. The van der Waals surface area contributed by atoms with Crippen molar-refractivity contribution in [2.24, 2.45) is 0 Å². The third kappa shape index (κ3) is 2.94. The van der Waals surface area contributed by atoms with Gasteiger partial charge in [-0.2, -0.15) is 0 Å². The van der Waals surface area contributed by atoms with Crippen LogP contribution in [0.2, 0.25) is 0 Å². The summed E-state index contributed by atoms with van der Waals surface area (Å²) in [5.74, 6) is 0. The molecule has 0 spiro atoms. The second-order valence-corrected chi connectivity index (χ2v) is 6.19. The van der Waals surface area contributed by atoms with Crippen LogP contribution in [0.4, 0.5) is 17.1 Å². The standard InChI is InChI=1S/C20H19N3O2/c24-19-17(18(20(19)25)23-11-9-21-10-12-23)22-16-8-4-7-15(13-16)14-5-2-1-3-6-14/h1-8,13,21-22H,9-12H2. The second-order valence-electron chi connectivity index (χ2n) is 6.19. The molecule has 0 amide bonds. The van der Waals surface area contributed by atoms with E-state index in [-0.39, 0.29) is 5.43 Å². The van der Waals surface area contributed by atoms with Gasteiger partial charge in [-0.15, -0.1) is 0 Å². The van der Waals surface area contributed by atoms with E-state index >= 15 is 0 Å². The van der Waals surface area contributed by atoms with Crippen molar-refractivity contribution in [3.8, 4) is 11.1 Å². The van der Waals surface area contributed by atoms with Crippen LogP contribution in [0.15, 0.2) is 64.2 Å². The van der Waals surface area contributed by atoms with Crippen molar-refractivity contribution < 1.29 is 0 Å². The molecule has 0 bridgehead atoms. The molecule has 0 atom stereocenters. The van der Waals surface area contributed by atoms with Gasteiger partial charge in [0.1, 0.15) is 11.4 Å². The van der Waals surface area contributed by atoms with Crippen molar-refractivity contribution in [1.29, 1.82) is 0 Å². The molecule has 1 aliphatic rings. The smallest absolute Gasteiger partial charge is 0.253 e. The van der Waals surface area contributed by atoms with Crippen molar-refractivity contribution in [2.75, 3.05) is 36.4 Å². The minimum absolute atomic E-state index is 0.386. The number of hydrogen-bond donors (Lipinski definition) is 2. The van der Waals surface area contributed by atoms with E-state index in [1.54, 1.807) is 0 Å². The Hall–Kier alpha value is -2.92. The van der Waals surface area contributed by atoms with Crippen molar-refractivity contribution in [2.45, 2.75) is 0 Å². The monoisotopic (exact) mass is 333 g/mol. The topological polar surface area (TPSA) is 61.4 Å². The van der Waals surface area contributed by atoms with Crippen molar-refractivity contribution in [3.63, 3.8) is 0 Å². The molecular formula is C20H19N3O2. The van der Waals surface area contributed by atoms with Crippen LogP contribution in [0.5, 0.6) is 0 Å². The summed E-state index contributed by atoms with van der Waals surface area (Å²) < 4.78 is 0. The Morgan fingerprint density at radius 2 is 1.56 bits per heavy atom. The summed E-state index contributed by atoms with van der Waals surface area (Å²) in [5.41, 5.74) is 3.10. The summed E-state index contributed by atoms with van der Waals surface area (Å²) in [6.07, 6.45) is 0. The summed E-state index contributed by atoms with van der Waals surface area (Å²) in [7, 11) is 0. The second kappa shape index (κ2) is 6.53. The van der Waals surface area contributed by atoms with Gasteiger partial charge >= 0.3 is 0 Å². The molecule has 0 aliphatic carbocycles. The summed E-state index contributed by atoms with van der Waals surface area (Å²) in [5, 5.41) is 6.42. The highest BCUT2D eigenvalue weighted by Crippen LogP contribution is 2.27. The molecule has 3 aromatic rings. The summed E-state index contributed by atoms with van der Waals surface area (Å²) in [6, 6.07) is 17.9. The molecule has 1 saturated heterocycles. The summed E-state index contributed by atoms with van der Waals surface area (Å²) in [6.45, 7) is 3.12. The van der Waals surface area contributed by atoms with Crippen LogP contribution in [0.1, 0.15) is 0 Å². The number of nitrogens with one attached hydrogen (secondary N) is 2. The predicted octanol–water partition coefficient (Wildman–Crippen LogP) is 2.10. The fourth-order valence-corrected chi connectivity index (χ4v) is 3.24. The average Bonchev–Trinajstić information content (AvgIpc) is 2.69. The third-order valence-electron chi connectivity index (χ3n) is 4.56. The van der Waals surface area contributed by atoms with E-state index in [1.165, 1.54) is 0 Å². The van der Waals surface area contributed by atoms with E-state index in [9.17, 15) is 9.59 Å². The Bertz CT molecular complexity index is 953. The van der Waals surface area contributed by atoms with Gasteiger partial charge in [-0.05, 0) is 23.3 Å². The minimum atomic E-state index is -0.432. The van der Waals surface area contributed by atoms with Crippen LogP contribution in [0.3, 0.4) is 0 Å². The molecule has 0 aromatic heterocycles. The van der Waals surface area contributed by atoms with E-state index in [2.05, 4.69) is 10.6 Å². The Morgan fingerprint density at radius 1 is 0.840 bits per heavy atom. The number of anilines is 3. The molecule has 5 nitrogen and oxygen atoms in total. The fraction of sp³-hybridized carbons (Fsp3) is 0.200. The first-order chi connectivity index (χ1) is 12.2. The van der Waals surface area contributed by atoms with Gasteiger partial charge in [0.25, 0.3) is 10.9 Å². The molecule has 3 aromatic carbocycles. The van der Waals surface area contributed by atoms with Gasteiger partial charge in [0, 0.05) is 31.9 Å². The lowest BCUT2D eigenvalue weighted by molar-refractivity contribution is 0.587. The maximum atomic E-state index is 12.1. The maximum absolute atomic E-state index is 12.1. The Morgan fingerprint density at radius 3 is 2.32 bits per heavy atom. The van der Waals surface area contributed by atoms with Gasteiger partial charge in [0.15, 0.2) is 0 Å². The number of rotatable bonds is 4. The Labute approximate surface area is 145 Å². The first kappa shape index (κ1) is 15.6. The molecule has 4 rings (SSSR count). The highest BCUT2D eigenvalue weighted by atomic mass is 16.2. The van der Waals surface area contributed by atoms with E-state index in [4.69, 9.17) is 0 Å². The lowest BCUT2D eigenvalue weighted by atomic mass is 10.0. The van der Waals surface area contributed by atoms with Gasteiger partial charge in [0.05, 0.1) is 0 Å². The first-order valence-corrected chi connectivity index (χ1v) is 8.45. The van der Waals surface area contributed by atoms with Gasteiger partial charge in [-0.1, -0.05) is 42.5 Å². The van der Waals surface area contributed by atoms with Crippen LogP contribution in [0.25, 0.3) is 11.1 Å². The molecule has 25 heavy (non-hydrogen) atoms. The van der Waals surface area contributed by atoms with Crippen LogP contribution < -0.4 is 26.4 Å². The lowest BCUT2D eigenvalue weighted by Crippen LogP contribution is -2.50. The van der Waals surface area contributed by atoms with Gasteiger partial charge in [-0.25, -0.2) is 0 Å². The molecule has 1 fully saturated rings. The number of benzene rings is 2. The molecule has 126 valence electrons. The average molecular weight is 333 g/mol.